The monoisotopic (exact) mass is 394 g/mol. The molecule has 1 aliphatic heterocycles. The Morgan fingerprint density at radius 3 is 2.10 bits per heavy atom. The summed E-state index contributed by atoms with van der Waals surface area (Å²) in [6.07, 6.45) is 11.1. The number of hydrogen-bond donors (Lipinski definition) is 1. The predicted octanol–water partition coefficient (Wildman–Crippen LogP) is 3.85. The summed E-state index contributed by atoms with van der Waals surface area (Å²) in [6.45, 7) is 0.691. The van der Waals surface area contributed by atoms with Gasteiger partial charge in [-0.2, -0.15) is 0 Å². The molecule has 1 saturated heterocycles. The molecule has 5 heterocycles. The SMILES string of the molecule is c1ccc(CN2[C@H](c3cccnc3)N[C@H](c3ccccn3)[C@@H]2c2cccnc2)nc1. The van der Waals surface area contributed by atoms with Crippen molar-refractivity contribution in [1.82, 2.24) is 30.2 Å². The lowest BCUT2D eigenvalue weighted by Gasteiger charge is -2.30. The van der Waals surface area contributed by atoms with Crippen LogP contribution in [0.2, 0.25) is 0 Å². The van der Waals surface area contributed by atoms with Crippen LogP contribution in [-0.4, -0.2) is 24.8 Å². The second-order valence-corrected chi connectivity index (χ2v) is 7.31. The van der Waals surface area contributed by atoms with Gasteiger partial charge in [-0.05, 0) is 42.0 Å². The molecule has 0 unspecified atom stereocenters. The van der Waals surface area contributed by atoms with E-state index in [-0.39, 0.29) is 18.2 Å². The van der Waals surface area contributed by atoms with E-state index >= 15 is 0 Å². The minimum absolute atomic E-state index is 0.00400. The van der Waals surface area contributed by atoms with Gasteiger partial charge in [-0.15, -0.1) is 0 Å². The smallest absolute Gasteiger partial charge is 0.0890 e. The zero-order valence-electron chi connectivity index (χ0n) is 16.4. The molecule has 0 aliphatic carbocycles. The van der Waals surface area contributed by atoms with Crippen molar-refractivity contribution in [2.24, 2.45) is 0 Å². The molecular formula is C24H22N6. The van der Waals surface area contributed by atoms with Gasteiger partial charge < -0.3 is 0 Å². The summed E-state index contributed by atoms with van der Waals surface area (Å²) in [5.74, 6) is 0. The van der Waals surface area contributed by atoms with Crippen LogP contribution in [0, 0.1) is 0 Å². The second-order valence-electron chi connectivity index (χ2n) is 7.31. The molecular weight excluding hydrogens is 372 g/mol. The fourth-order valence-corrected chi connectivity index (χ4v) is 4.14. The number of nitrogens with one attached hydrogen (secondary N) is 1. The van der Waals surface area contributed by atoms with Gasteiger partial charge in [0.25, 0.3) is 0 Å². The highest BCUT2D eigenvalue weighted by Gasteiger charge is 2.43. The molecule has 0 saturated carbocycles. The summed E-state index contributed by atoms with van der Waals surface area (Å²) in [5.41, 5.74) is 4.27. The first-order valence-corrected chi connectivity index (χ1v) is 10.0. The quantitative estimate of drug-likeness (QED) is 0.555. The third-order valence-electron chi connectivity index (χ3n) is 5.45. The van der Waals surface area contributed by atoms with Crippen molar-refractivity contribution in [2.45, 2.75) is 24.8 Å². The van der Waals surface area contributed by atoms with E-state index in [1.54, 1.807) is 6.20 Å². The van der Waals surface area contributed by atoms with Gasteiger partial charge in [0, 0.05) is 49.3 Å². The van der Waals surface area contributed by atoms with Crippen LogP contribution < -0.4 is 5.32 Å². The van der Waals surface area contributed by atoms with Gasteiger partial charge in [0.1, 0.15) is 0 Å². The molecule has 4 aromatic rings. The maximum Gasteiger partial charge on any atom is 0.0890 e. The molecule has 1 fully saturated rings. The molecule has 5 rings (SSSR count). The van der Waals surface area contributed by atoms with Crippen molar-refractivity contribution in [1.29, 1.82) is 0 Å². The predicted molar refractivity (Wildman–Crippen MR) is 114 cm³/mol. The van der Waals surface area contributed by atoms with Gasteiger partial charge in [0.2, 0.25) is 0 Å². The molecule has 3 atom stereocenters. The fraction of sp³-hybridized carbons (Fsp3) is 0.167. The minimum Gasteiger partial charge on any atom is -0.288 e. The maximum absolute atomic E-state index is 4.67. The van der Waals surface area contributed by atoms with Crippen molar-refractivity contribution >= 4 is 0 Å². The Morgan fingerprint density at radius 1 is 0.733 bits per heavy atom. The van der Waals surface area contributed by atoms with Gasteiger partial charge in [0.05, 0.1) is 29.6 Å². The molecule has 0 radical (unpaired) electrons. The standard InChI is InChI=1S/C24H22N6/c1-3-13-27-20(9-1)17-30-23(18-7-5-11-25-15-18)22(21-10-2-4-14-28-21)29-24(30)19-8-6-12-26-16-19/h1-16,22-24,29H,17H2/t22-,23+,24-/m1/s1. The van der Waals surface area contributed by atoms with Crippen LogP contribution in [0.15, 0.2) is 97.8 Å². The minimum atomic E-state index is -0.0297. The largest absolute Gasteiger partial charge is 0.288 e. The summed E-state index contributed by atoms with van der Waals surface area (Å²) >= 11 is 0. The Hall–Kier alpha value is -3.48. The summed E-state index contributed by atoms with van der Waals surface area (Å²) in [7, 11) is 0. The molecule has 0 bridgehead atoms. The van der Waals surface area contributed by atoms with E-state index in [4.69, 9.17) is 0 Å². The number of nitrogens with zero attached hydrogens (tertiary/aromatic N) is 5. The van der Waals surface area contributed by atoms with E-state index in [0.29, 0.717) is 6.54 Å². The highest BCUT2D eigenvalue weighted by molar-refractivity contribution is 5.28. The topological polar surface area (TPSA) is 66.8 Å². The van der Waals surface area contributed by atoms with Crippen LogP contribution in [0.4, 0.5) is 0 Å². The fourth-order valence-electron chi connectivity index (χ4n) is 4.14. The van der Waals surface area contributed by atoms with Crippen molar-refractivity contribution in [3.05, 3.63) is 120 Å². The Bertz CT molecular complexity index is 1060. The van der Waals surface area contributed by atoms with Crippen molar-refractivity contribution in [3.63, 3.8) is 0 Å². The molecule has 0 aromatic carbocycles. The summed E-state index contributed by atoms with van der Waals surface area (Å²) in [6, 6.07) is 20.3. The normalized spacial score (nSPS) is 21.5. The number of rotatable bonds is 5. The molecule has 0 spiro atoms. The van der Waals surface area contributed by atoms with Crippen LogP contribution in [0.25, 0.3) is 0 Å². The maximum atomic E-state index is 4.67. The van der Waals surface area contributed by atoms with Crippen LogP contribution in [-0.2, 0) is 6.54 Å². The Morgan fingerprint density at radius 2 is 1.47 bits per heavy atom. The average molecular weight is 394 g/mol. The van der Waals surface area contributed by atoms with Gasteiger partial charge in [-0.3, -0.25) is 30.2 Å². The molecule has 1 N–H and O–H groups in total. The summed E-state index contributed by atoms with van der Waals surface area (Å²) in [4.78, 5) is 20.4. The first-order chi connectivity index (χ1) is 14.9. The first kappa shape index (κ1) is 18.5. The summed E-state index contributed by atoms with van der Waals surface area (Å²) < 4.78 is 0. The van der Waals surface area contributed by atoms with E-state index < -0.39 is 0 Å². The Balaban J connectivity index is 1.62. The highest BCUT2D eigenvalue weighted by atomic mass is 15.4. The lowest BCUT2D eigenvalue weighted by atomic mass is 9.98. The van der Waals surface area contributed by atoms with Crippen molar-refractivity contribution in [3.8, 4) is 0 Å². The number of pyridine rings is 4. The molecule has 6 nitrogen and oxygen atoms in total. The molecule has 6 heteroatoms. The van der Waals surface area contributed by atoms with Crippen LogP contribution >= 0.6 is 0 Å². The van der Waals surface area contributed by atoms with Crippen LogP contribution in [0.1, 0.15) is 40.8 Å². The van der Waals surface area contributed by atoms with Gasteiger partial charge in [-0.1, -0.05) is 24.3 Å². The molecule has 4 aromatic heterocycles. The van der Waals surface area contributed by atoms with E-state index in [9.17, 15) is 0 Å². The average Bonchev–Trinajstić information content (AvgIpc) is 3.20. The third kappa shape index (κ3) is 3.70. The molecule has 30 heavy (non-hydrogen) atoms. The Labute approximate surface area is 175 Å². The van der Waals surface area contributed by atoms with Crippen LogP contribution in [0.5, 0.6) is 0 Å². The van der Waals surface area contributed by atoms with Gasteiger partial charge in [0.15, 0.2) is 0 Å². The lowest BCUT2D eigenvalue weighted by molar-refractivity contribution is 0.173. The zero-order chi connectivity index (χ0) is 20.2. The molecule has 148 valence electrons. The summed E-state index contributed by atoms with van der Waals surface area (Å²) in [5, 5.41) is 3.81. The van der Waals surface area contributed by atoms with Gasteiger partial charge >= 0.3 is 0 Å². The molecule has 1 aliphatic rings. The van der Waals surface area contributed by atoms with E-state index in [1.807, 2.05) is 67.4 Å². The third-order valence-corrected chi connectivity index (χ3v) is 5.45. The molecule has 0 amide bonds. The number of aromatic nitrogens is 4. The highest BCUT2D eigenvalue weighted by Crippen LogP contribution is 2.45. The first-order valence-electron chi connectivity index (χ1n) is 10.0. The van der Waals surface area contributed by atoms with Crippen molar-refractivity contribution in [2.75, 3.05) is 0 Å². The zero-order valence-corrected chi connectivity index (χ0v) is 16.4. The van der Waals surface area contributed by atoms with Crippen LogP contribution in [0.3, 0.4) is 0 Å². The van der Waals surface area contributed by atoms with E-state index in [0.717, 1.165) is 22.5 Å². The Kier molecular flexibility index (Phi) is 5.25. The van der Waals surface area contributed by atoms with E-state index in [1.165, 1.54) is 0 Å². The van der Waals surface area contributed by atoms with Gasteiger partial charge in [-0.25, -0.2) is 0 Å². The lowest BCUT2D eigenvalue weighted by Crippen LogP contribution is -2.29. The van der Waals surface area contributed by atoms with E-state index in [2.05, 4.69) is 54.4 Å². The van der Waals surface area contributed by atoms with Crippen molar-refractivity contribution < 1.29 is 0 Å². The second kappa shape index (κ2) is 8.49. The number of hydrogen-bond acceptors (Lipinski definition) is 6.